The van der Waals surface area contributed by atoms with Gasteiger partial charge in [-0.15, -0.1) is 0 Å². The van der Waals surface area contributed by atoms with Gasteiger partial charge in [0.1, 0.15) is 11.5 Å². The standard InChI is InChI=1S/C24H20ClFN4O2S/c1-17-10-12-20(13-11-17)33(31,32)29-27-14-19-15-30(16-21-22(25)8-5-9-23(21)26)28-24(19)18-6-3-2-4-7-18/h2-15,29H,16H2,1H3/b27-14-. The quantitative estimate of drug-likeness (QED) is 0.297. The van der Waals surface area contributed by atoms with Crippen LogP contribution in [0.2, 0.25) is 5.02 Å². The second-order valence-corrected chi connectivity index (χ2v) is 9.43. The number of benzene rings is 3. The molecular formula is C24H20ClFN4O2S. The molecule has 4 rings (SSSR count). The zero-order chi connectivity index (χ0) is 23.4. The van der Waals surface area contributed by atoms with E-state index in [9.17, 15) is 12.8 Å². The molecule has 0 fully saturated rings. The summed E-state index contributed by atoms with van der Waals surface area (Å²) in [6, 6.07) is 20.3. The average molecular weight is 483 g/mol. The van der Waals surface area contributed by atoms with Gasteiger partial charge in [0.25, 0.3) is 10.0 Å². The van der Waals surface area contributed by atoms with Gasteiger partial charge >= 0.3 is 0 Å². The number of hydrogen-bond donors (Lipinski definition) is 1. The van der Waals surface area contributed by atoms with Crippen molar-refractivity contribution in [1.29, 1.82) is 0 Å². The fourth-order valence-corrected chi connectivity index (χ4v) is 4.23. The number of hydrogen-bond acceptors (Lipinski definition) is 4. The summed E-state index contributed by atoms with van der Waals surface area (Å²) in [5.74, 6) is -0.430. The van der Waals surface area contributed by atoms with Gasteiger partial charge < -0.3 is 0 Å². The van der Waals surface area contributed by atoms with Crippen LogP contribution in [0.1, 0.15) is 16.7 Å². The fraction of sp³-hybridized carbons (Fsp3) is 0.0833. The summed E-state index contributed by atoms with van der Waals surface area (Å²) in [4.78, 5) is 2.33. The first-order valence-electron chi connectivity index (χ1n) is 10.0. The third kappa shape index (κ3) is 5.30. The first-order chi connectivity index (χ1) is 15.8. The third-order valence-electron chi connectivity index (χ3n) is 4.93. The zero-order valence-corrected chi connectivity index (χ0v) is 19.2. The Bertz CT molecular complexity index is 1380. The Balaban J connectivity index is 1.64. The van der Waals surface area contributed by atoms with Crippen molar-refractivity contribution in [3.8, 4) is 11.3 Å². The Morgan fingerprint density at radius 2 is 1.79 bits per heavy atom. The highest BCUT2D eigenvalue weighted by molar-refractivity contribution is 7.89. The normalized spacial score (nSPS) is 11.7. The number of hydrazone groups is 1. The molecular weight excluding hydrogens is 463 g/mol. The summed E-state index contributed by atoms with van der Waals surface area (Å²) >= 11 is 6.16. The highest BCUT2D eigenvalue weighted by Crippen LogP contribution is 2.24. The predicted octanol–water partition coefficient (Wildman–Crippen LogP) is 5.01. The lowest BCUT2D eigenvalue weighted by Gasteiger charge is -2.05. The van der Waals surface area contributed by atoms with Gasteiger partial charge in [-0.1, -0.05) is 65.7 Å². The van der Waals surface area contributed by atoms with E-state index in [4.69, 9.17) is 11.6 Å². The maximum atomic E-state index is 14.3. The van der Waals surface area contributed by atoms with Crippen LogP contribution >= 0.6 is 11.6 Å². The molecule has 0 aliphatic heterocycles. The summed E-state index contributed by atoms with van der Waals surface area (Å²) in [5, 5.41) is 8.80. The molecule has 0 bridgehead atoms. The van der Waals surface area contributed by atoms with Crippen molar-refractivity contribution in [2.45, 2.75) is 18.4 Å². The van der Waals surface area contributed by atoms with Crippen LogP contribution in [0.25, 0.3) is 11.3 Å². The highest BCUT2D eigenvalue weighted by atomic mass is 35.5. The summed E-state index contributed by atoms with van der Waals surface area (Å²) < 4.78 is 40.8. The molecule has 0 saturated carbocycles. The Hall–Kier alpha value is -3.49. The molecule has 0 amide bonds. The van der Waals surface area contributed by atoms with E-state index in [1.54, 1.807) is 29.1 Å². The van der Waals surface area contributed by atoms with Crippen LogP contribution in [-0.4, -0.2) is 24.4 Å². The lowest BCUT2D eigenvalue weighted by molar-refractivity contribution is 0.584. The molecule has 6 nitrogen and oxygen atoms in total. The minimum Gasteiger partial charge on any atom is -0.267 e. The van der Waals surface area contributed by atoms with E-state index in [2.05, 4.69) is 15.0 Å². The number of aryl methyl sites for hydroxylation is 1. The van der Waals surface area contributed by atoms with E-state index >= 15 is 0 Å². The molecule has 1 heterocycles. The van der Waals surface area contributed by atoms with E-state index in [1.807, 2.05) is 37.3 Å². The van der Waals surface area contributed by atoms with Gasteiger partial charge in [-0.3, -0.25) is 4.68 Å². The predicted molar refractivity (Wildman–Crippen MR) is 127 cm³/mol. The summed E-state index contributed by atoms with van der Waals surface area (Å²) in [7, 11) is -3.82. The van der Waals surface area contributed by atoms with Crippen molar-refractivity contribution >= 4 is 27.8 Å². The fourth-order valence-electron chi connectivity index (χ4n) is 3.21. The second-order valence-electron chi connectivity index (χ2n) is 7.36. The lowest BCUT2D eigenvalue weighted by atomic mass is 10.1. The Kier molecular flexibility index (Phi) is 6.57. The molecule has 0 aliphatic rings. The van der Waals surface area contributed by atoms with Crippen LogP contribution in [0.15, 0.2) is 89.0 Å². The molecule has 3 aromatic carbocycles. The Morgan fingerprint density at radius 1 is 1.06 bits per heavy atom. The van der Waals surface area contributed by atoms with Gasteiger partial charge in [0.2, 0.25) is 0 Å². The molecule has 1 N–H and O–H groups in total. The van der Waals surface area contributed by atoms with Crippen molar-refractivity contribution in [3.05, 3.63) is 107 Å². The molecule has 0 atom stereocenters. The molecule has 168 valence electrons. The monoisotopic (exact) mass is 482 g/mol. The van der Waals surface area contributed by atoms with Crippen molar-refractivity contribution < 1.29 is 12.8 Å². The number of aromatic nitrogens is 2. The minimum atomic E-state index is -3.82. The highest BCUT2D eigenvalue weighted by Gasteiger charge is 2.15. The number of nitrogens with one attached hydrogen (secondary N) is 1. The second kappa shape index (κ2) is 9.56. The number of sulfonamides is 1. The molecule has 0 radical (unpaired) electrons. The van der Waals surface area contributed by atoms with Gasteiger partial charge in [0.15, 0.2) is 0 Å². The van der Waals surface area contributed by atoms with Crippen molar-refractivity contribution in [2.24, 2.45) is 5.10 Å². The molecule has 33 heavy (non-hydrogen) atoms. The number of nitrogens with zero attached hydrogens (tertiary/aromatic N) is 3. The molecule has 9 heteroatoms. The van der Waals surface area contributed by atoms with Crippen molar-refractivity contribution in [3.63, 3.8) is 0 Å². The molecule has 0 saturated heterocycles. The number of rotatable bonds is 7. The molecule has 0 unspecified atom stereocenters. The van der Waals surface area contributed by atoms with Gasteiger partial charge in [-0.05, 0) is 31.2 Å². The van der Waals surface area contributed by atoms with Crippen molar-refractivity contribution in [2.75, 3.05) is 0 Å². The minimum absolute atomic E-state index is 0.105. The molecule has 0 spiro atoms. The largest absolute Gasteiger partial charge is 0.276 e. The van der Waals surface area contributed by atoms with E-state index in [0.29, 0.717) is 21.8 Å². The lowest BCUT2D eigenvalue weighted by Crippen LogP contribution is -2.18. The smallest absolute Gasteiger partial charge is 0.267 e. The van der Waals surface area contributed by atoms with Gasteiger partial charge in [-0.25, -0.2) is 9.22 Å². The van der Waals surface area contributed by atoms with Crippen LogP contribution in [-0.2, 0) is 16.6 Å². The Morgan fingerprint density at radius 3 is 2.48 bits per heavy atom. The maximum absolute atomic E-state index is 14.3. The Labute approximate surface area is 196 Å². The van der Waals surface area contributed by atoms with E-state index in [-0.39, 0.29) is 11.4 Å². The van der Waals surface area contributed by atoms with Crippen LogP contribution in [0.4, 0.5) is 4.39 Å². The zero-order valence-electron chi connectivity index (χ0n) is 17.6. The summed E-state index contributed by atoms with van der Waals surface area (Å²) in [6.07, 6.45) is 3.04. The molecule has 4 aromatic rings. The van der Waals surface area contributed by atoms with Gasteiger partial charge in [0.05, 0.1) is 17.7 Å². The first kappa shape index (κ1) is 22.7. The van der Waals surface area contributed by atoms with Crippen LogP contribution < -0.4 is 4.83 Å². The van der Waals surface area contributed by atoms with E-state index < -0.39 is 15.8 Å². The molecule has 1 aromatic heterocycles. The van der Waals surface area contributed by atoms with Crippen LogP contribution in [0, 0.1) is 12.7 Å². The summed E-state index contributed by atoms with van der Waals surface area (Å²) in [5.41, 5.74) is 3.19. The summed E-state index contributed by atoms with van der Waals surface area (Å²) in [6.45, 7) is 1.98. The SMILES string of the molecule is Cc1ccc(S(=O)(=O)N/N=C\c2cn(Cc3c(F)cccc3Cl)nc2-c2ccccc2)cc1. The van der Waals surface area contributed by atoms with Crippen molar-refractivity contribution in [1.82, 2.24) is 14.6 Å². The van der Waals surface area contributed by atoms with Gasteiger partial charge in [-0.2, -0.15) is 18.6 Å². The number of halogens is 2. The van der Waals surface area contributed by atoms with E-state index in [0.717, 1.165) is 11.1 Å². The van der Waals surface area contributed by atoms with E-state index in [1.165, 1.54) is 30.5 Å². The van der Waals surface area contributed by atoms with Crippen LogP contribution in [0.5, 0.6) is 0 Å². The first-order valence-corrected chi connectivity index (χ1v) is 11.9. The maximum Gasteiger partial charge on any atom is 0.276 e. The van der Waals surface area contributed by atoms with Gasteiger partial charge in [0, 0.05) is 27.9 Å². The average Bonchev–Trinajstić information content (AvgIpc) is 3.20. The van der Waals surface area contributed by atoms with Crippen LogP contribution in [0.3, 0.4) is 0 Å². The third-order valence-corrected chi connectivity index (χ3v) is 6.52. The molecule has 0 aliphatic carbocycles. The topological polar surface area (TPSA) is 76.3 Å².